The number of halogens is 2. The molecule has 4 rings (SSSR count). The Morgan fingerprint density at radius 3 is 2.60 bits per heavy atom. The number of methoxy groups -OCH3 is 1. The Morgan fingerprint density at radius 1 is 1.17 bits per heavy atom. The van der Waals surface area contributed by atoms with E-state index in [4.69, 9.17) is 20.9 Å². The maximum Gasteiger partial charge on any atom is 0.259 e. The van der Waals surface area contributed by atoms with Crippen LogP contribution in [-0.2, 0) is 0 Å². The summed E-state index contributed by atoms with van der Waals surface area (Å²) in [7, 11) is 1.64. The fourth-order valence-electron chi connectivity index (χ4n) is 3.65. The smallest absolute Gasteiger partial charge is 0.259 e. The summed E-state index contributed by atoms with van der Waals surface area (Å²) in [4.78, 5) is 17.2. The monoisotopic (exact) mass is 429 g/mol. The van der Waals surface area contributed by atoms with Crippen LogP contribution in [0.2, 0.25) is 5.02 Å². The summed E-state index contributed by atoms with van der Waals surface area (Å²) in [6.07, 6.45) is 0. The Balaban J connectivity index is 1.55. The summed E-state index contributed by atoms with van der Waals surface area (Å²) in [5, 5.41) is 4.11. The molecular formula is C22H21ClFN3O3. The summed E-state index contributed by atoms with van der Waals surface area (Å²) < 4.78 is 25.0. The third-order valence-corrected chi connectivity index (χ3v) is 5.58. The van der Waals surface area contributed by atoms with Crippen molar-refractivity contribution in [3.05, 3.63) is 64.6 Å². The van der Waals surface area contributed by atoms with E-state index >= 15 is 0 Å². The number of anilines is 1. The van der Waals surface area contributed by atoms with Gasteiger partial charge in [-0.3, -0.25) is 4.79 Å². The van der Waals surface area contributed by atoms with Gasteiger partial charge in [0.25, 0.3) is 5.91 Å². The number of hydrogen-bond donors (Lipinski definition) is 0. The highest BCUT2D eigenvalue weighted by atomic mass is 35.5. The third kappa shape index (κ3) is 3.73. The van der Waals surface area contributed by atoms with E-state index in [1.54, 1.807) is 25.0 Å². The number of piperazine rings is 1. The molecule has 0 aliphatic carbocycles. The van der Waals surface area contributed by atoms with Crippen molar-refractivity contribution in [3.8, 4) is 17.0 Å². The summed E-state index contributed by atoms with van der Waals surface area (Å²) in [6, 6.07) is 12.2. The summed E-state index contributed by atoms with van der Waals surface area (Å²) in [5.41, 5.74) is 1.50. The molecule has 0 radical (unpaired) electrons. The molecule has 30 heavy (non-hydrogen) atoms. The number of aryl methyl sites for hydroxylation is 1. The summed E-state index contributed by atoms with van der Waals surface area (Å²) >= 11 is 6.18. The van der Waals surface area contributed by atoms with Gasteiger partial charge >= 0.3 is 0 Å². The van der Waals surface area contributed by atoms with Gasteiger partial charge in [-0.2, -0.15) is 0 Å². The number of nitrogens with zero attached hydrogens (tertiary/aromatic N) is 3. The molecular weight excluding hydrogens is 409 g/mol. The molecule has 1 saturated heterocycles. The van der Waals surface area contributed by atoms with E-state index in [9.17, 15) is 9.18 Å². The molecule has 1 aliphatic heterocycles. The van der Waals surface area contributed by atoms with Crippen molar-refractivity contribution in [3.63, 3.8) is 0 Å². The van der Waals surface area contributed by atoms with Crippen LogP contribution in [0, 0.1) is 12.7 Å². The second-order valence-electron chi connectivity index (χ2n) is 7.04. The van der Waals surface area contributed by atoms with Gasteiger partial charge in [0.2, 0.25) is 0 Å². The molecule has 0 saturated carbocycles. The van der Waals surface area contributed by atoms with Crippen molar-refractivity contribution in [2.45, 2.75) is 6.92 Å². The summed E-state index contributed by atoms with van der Waals surface area (Å²) in [6.45, 7) is 4.01. The van der Waals surface area contributed by atoms with E-state index in [2.05, 4.69) is 10.1 Å². The van der Waals surface area contributed by atoms with E-state index in [1.807, 2.05) is 24.3 Å². The van der Waals surface area contributed by atoms with Gasteiger partial charge in [0.1, 0.15) is 28.6 Å². The first kappa shape index (κ1) is 20.2. The SMILES string of the molecule is COc1cccc(N2CCN(C(=O)c3c(-c4c(F)cccc4Cl)noc3C)CC2)c1. The molecule has 2 aromatic carbocycles. The molecule has 1 aromatic heterocycles. The largest absolute Gasteiger partial charge is 0.497 e. The molecule has 0 N–H and O–H groups in total. The van der Waals surface area contributed by atoms with Crippen LogP contribution < -0.4 is 9.64 Å². The molecule has 1 amide bonds. The highest BCUT2D eigenvalue weighted by Gasteiger charge is 2.30. The van der Waals surface area contributed by atoms with Crippen LogP contribution in [0.25, 0.3) is 11.3 Å². The molecule has 0 bridgehead atoms. The average Bonchev–Trinajstić information content (AvgIpc) is 3.14. The highest BCUT2D eigenvalue weighted by Crippen LogP contribution is 2.34. The molecule has 6 nitrogen and oxygen atoms in total. The van der Waals surface area contributed by atoms with Crippen LogP contribution >= 0.6 is 11.6 Å². The van der Waals surface area contributed by atoms with E-state index in [-0.39, 0.29) is 27.8 Å². The minimum absolute atomic E-state index is 0.0781. The van der Waals surface area contributed by atoms with Crippen LogP contribution in [0.5, 0.6) is 5.75 Å². The van der Waals surface area contributed by atoms with Crippen LogP contribution in [-0.4, -0.2) is 49.3 Å². The first-order chi connectivity index (χ1) is 14.5. The molecule has 3 aromatic rings. The fourth-order valence-corrected chi connectivity index (χ4v) is 3.90. The molecule has 2 heterocycles. The zero-order valence-electron chi connectivity index (χ0n) is 16.7. The molecule has 0 unspecified atom stereocenters. The van der Waals surface area contributed by atoms with Gasteiger partial charge in [-0.1, -0.05) is 28.9 Å². The normalized spacial score (nSPS) is 14.1. The number of carbonyl (C=O) groups is 1. The first-order valence-corrected chi connectivity index (χ1v) is 9.96. The van der Waals surface area contributed by atoms with Gasteiger partial charge in [-0.25, -0.2) is 4.39 Å². The lowest BCUT2D eigenvalue weighted by atomic mass is 10.0. The zero-order chi connectivity index (χ0) is 21.3. The first-order valence-electron chi connectivity index (χ1n) is 9.58. The van der Waals surface area contributed by atoms with Gasteiger partial charge in [0.15, 0.2) is 0 Å². The van der Waals surface area contributed by atoms with E-state index in [1.165, 1.54) is 12.1 Å². The predicted molar refractivity (Wildman–Crippen MR) is 113 cm³/mol. The van der Waals surface area contributed by atoms with Crippen LogP contribution in [0.1, 0.15) is 16.1 Å². The number of amides is 1. The lowest BCUT2D eigenvalue weighted by Crippen LogP contribution is -2.49. The minimum Gasteiger partial charge on any atom is -0.497 e. The van der Waals surface area contributed by atoms with Crippen LogP contribution in [0.15, 0.2) is 47.0 Å². The molecule has 1 aliphatic rings. The lowest BCUT2D eigenvalue weighted by molar-refractivity contribution is 0.0745. The quantitative estimate of drug-likeness (QED) is 0.614. The Kier molecular flexibility index (Phi) is 5.63. The maximum atomic E-state index is 14.4. The van der Waals surface area contributed by atoms with E-state index in [0.29, 0.717) is 31.9 Å². The fraction of sp³-hybridized carbons (Fsp3) is 0.273. The van der Waals surface area contributed by atoms with E-state index in [0.717, 1.165) is 11.4 Å². The topological polar surface area (TPSA) is 58.8 Å². The molecule has 0 spiro atoms. The number of aromatic nitrogens is 1. The van der Waals surface area contributed by atoms with Crippen molar-refractivity contribution in [2.24, 2.45) is 0 Å². The Morgan fingerprint density at radius 2 is 1.90 bits per heavy atom. The van der Waals surface area contributed by atoms with Crippen molar-refractivity contribution < 1.29 is 18.4 Å². The van der Waals surface area contributed by atoms with Gasteiger partial charge < -0.3 is 19.1 Å². The molecule has 156 valence electrons. The van der Waals surface area contributed by atoms with Crippen LogP contribution in [0.4, 0.5) is 10.1 Å². The Labute approximate surface area is 178 Å². The molecule has 1 fully saturated rings. The van der Waals surface area contributed by atoms with Crippen LogP contribution in [0.3, 0.4) is 0 Å². The van der Waals surface area contributed by atoms with Gasteiger partial charge in [0, 0.05) is 37.9 Å². The number of carbonyl (C=O) groups excluding carboxylic acids is 1. The number of benzene rings is 2. The van der Waals surface area contributed by atoms with E-state index < -0.39 is 5.82 Å². The number of hydrogen-bond acceptors (Lipinski definition) is 5. The second kappa shape index (κ2) is 8.36. The van der Waals surface area contributed by atoms with Gasteiger partial charge in [-0.05, 0) is 31.2 Å². The van der Waals surface area contributed by atoms with Crippen molar-refractivity contribution in [2.75, 3.05) is 38.2 Å². The highest BCUT2D eigenvalue weighted by molar-refractivity contribution is 6.33. The molecule has 0 atom stereocenters. The predicted octanol–water partition coefficient (Wildman–Crippen LogP) is 4.41. The summed E-state index contributed by atoms with van der Waals surface area (Å²) in [5.74, 6) is 0.336. The van der Waals surface area contributed by atoms with Crippen molar-refractivity contribution >= 4 is 23.2 Å². The second-order valence-corrected chi connectivity index (χ2v) is 7.45. The van der Waals surface area contributed by atoms with Gasteiger partial charge in [-0.15, -0.1) is 0 Å². The molecule has 8 heteroatoms. The van der Waals surface area contributed by atoms with Crippen molar-refractivity contribution in [1.82, 2.24) is 10.1 Å². The minimum atomic E-state index is -0.548. The number of rotatable bonds is 4. The number of ether oxygens (including phenoxy) is 1. The third-order valence-electron chi connectivity index (χ3n) is 5.26. The van der Waals surface area contributed by atoms with Crippen molar-refractivity contribution in [1.29, 1.82) is 0 Å². The standard InChI is InChI=1S/C22H21ClFN3O3/c1-14-19(21(25-30-14)20-17(23)7-4-8-18(20)24)22(28)27-11-9-26(10-12-27)15-5-3-6-16(13-15)29-2/h3-8,13H,9-12H2,1-2H3. The average molecular weight is 430 g/mol. The zero-order valence-corrected chi connectivity index (χ0v) is 17.4. The van der Waals surface area contributed by atoms with Gasteiger partial charge in [0.05, 0.1) is 17.7 Å². The lowest BCUT2D eigenvalue weighted by Gasteiger charge is -2.36. The Hall–Kier alpha value is -3.06. The Bertz CT molecular complexity index is 1060. The maximum absolute atomic E-state index is 14.4.